The lowest BCUT2D eigenvalue weighted by atomic mass is 10.2. The monoisotopic (exact) mass is 268 g/mol. The number of aliphatic hydroxyl groups excluding tert-OH is 1. The Morgan fingerprint density at radius 3 is 2.74 bits per heavy atom. The van der Waals surface area contributed by atoms with Crippen LogP contribution in [0.25, 0.3) is 0 Å². The molecule has 7 heteroatoms. The van der Waals surface area contributed by atoms with Crippen molar-refractivity contribution >= 4 is 11.8 Å². The van der Waals surface area contributed by atoms with E-state index < -0.39 is 12.1 Å². The predicted molar refractivity (Wildman–Crippen MR) is 67.3 cm³/mol. The highest BCUT2D eigenvalue weighted by Gasteiger charge is 2.17. The third-order valence-corrected chi connectivity index (χ3v) is 2.23. The number of nitrogens with two attached hydrogens (primary N) is 1. The van der Waals surface area contributed by atoms with Gasteiger partial charge in [-0.1, -0.05) is 0 Å². The van der Waals surface area contributed by atoms with Crippen molar-refractivity contribution in [2.24, 2.45) is 5.73 Å². The Hall–Kier alpha value is -2.28. The van der Waals surface area contributed by atoms with E-state index in [9.17, 15) is 15.0 Å². The molecule has 0 amide bonds. The number of aliphatic hydroxyl groups is 1. The summed E-state index contributed by atoms with van der Waals surface area (Å²) < 4.78 is 9.73. The molecule has 0 saturated heterocycles. The van der Waals surface area contributed by atoms with Gasteiger partial charge in [0.15, 0.2) is 6.10 Å². The topological polar surface area (TPSA) is 126 Å². The number of hydrogen-bond acceptors (Lipinski definition) is 6. The molecule has 0 aliphatic rings. The molecule has 0 heterocycles. The minimum absolute atomic E-state index is 0.171. The number of carbonyl (C=O) groups excluding carboxylic acids is 1. The van der Waals surface area contributed by atoms with Crippen molar-refractivity contribution < 1.29 is 24.5 Å². The normalized spacial score (nSPS) is 11.7. The minimum atomic E-state index is -1.39. The number of phenols is 1. The van der Waals surface area contributed by atoms with Crippen LogP contribution < -0.4 is 10.5 Å². The van der Waals surface area contributed by atoms with Gasteiger partial charge >= 0.3 is 5.97 Å². The van der Waals surface area contributed by atoms with E-state index >= 15 is 0 Å². The largest absolute Gasteiger partial charge is 0.507 e. The lowest BCUT2D eigenvalue weighted by Gasteiger charge is -2.12. The molecule has 1 aromatic carbocycles. The first kappa shape index (κ1) is 14.8. The van der Waals surface area contributed by atoms with Crippen molar-refractivity contribution in [1.82, 2.24) is 0 Å². The van der Waals surface area contributed by atoms with Gasteiger partial charge in [-0.15, -0.1) is 0 Å². The van der Waals surface area contributed by atoms with Crippen LogP contribution in [0, 0.1) is 5.41 Å². The van der Waals surface area contributed by atoms with Crippen molar-refractivity contribution in [2.75, 3.05) is 13.2 Å². The van der Waals surface area contributed by atoms with Gasteiger partial charge in [0.05, 0.1) is 12.2 Å². The van der Waals surface area contributed by atoms with Crippen molar-refractivity contribution in [3.8, 4) is 11.5 Å². The summed E-state index contributed by atoms with van der Waals surface area (Å²) in [4.78, 5) is 11.1. The van der Waals surface area contributed by atoms with Gasteiger partial charge in [-0.3, -0.25) is 5.41 Å². The third-order valence-electron chi connectivity index (χ3n) is 2.23. The second kappa shape index (κ2) is 6.60. The quantitative estimate of drug-likeness (QED) is 0.326. The summed E-state index contributed by atoms with van der Waals surface area (Å²) in [5.41, 5.74) is 5.42. The summed E-state index contributed by atoms with van der Waals surface area (Å²) in [7, 11) is 0. The predicted octanol–water partition coefficient (Wildman–Crippen LogP) is -0.0209. The zero-order valence-corrected chi connectivity index (χ0v) is 10.4. The first-order valence-corrected chi connectivity index (χ1v) is 5.60. The number of amidine groups is 1. The molecule has 1 aromatic rings. The van der Waals surface area contributed by atoms with Gasteiger partial charge in [0.1, 0.15) is 23.9 Å². The van der Waals surface area contributed by atoms with Gasteiger partial charge in [0.2, 0.25) is 0 Å². The fraction of sp³-hybridized carbons (Fsp3) is 0.333. The average Bonchev–Trinajstić information content (AvgIpc) is 2.35. The number of carbonyl (C=O) groups is 1. The molecule has 0 fully saturated rings. The van der Waals surface area contributed by atoms with Crippen molar-refractivity contribution in [3.63, 3.8) is 0 Å². The summed E-state index contributed by atoms with van der Waals surface area (Å²) >= 11 is 0. The van der Waals surface area contributed by atoms with Gasteiger partial charge in [-0.25, -0.2) is 4.79 Å². The van der Waals surface area contributed by atoms with Crippen LogP contribution in [0.4, 0.5) is 0 Å². The summed E-state index contributed by atoms with van der Waals surface area (Å²) in [6.07, 6.45) is -1.39. The molecular formula is C12H16N2O5. The van der Waals surface area contributed by atoms with Crippen LogP contribution >= 0.6 is 0 Å². The number of benzene rings is 1. The van der Waals surface area contributed by atoms with Gasteiger partial charge in [-0.05, 0) is 19.1 Å². The van der Waals surface area contributed by atoms with Crippen LogP contribution in [-0.4, -0.2) is 41.3 Å². The number of aromatic hydroxyl groups is 1. The van der Waals surface area contributed by atoms with E-state index in [4.69, 9.17) is 15.9 Å². The number of rotatable bonds is 6. The minimum Gasteiger partial charge on any atom is -0.507 e. The number of nitrogens with one attached hydrogen (secondary N) is 1. The highest BCUT2D eigenvalue weighted by molar-refractivity contribution is 5.97. The molecule has 19 heavy (non-hydrogen) atoms. The first-order chi connectivity index (χ1) is 8.95. The molecule has 104 valence electrons. The summed E-state index contributed by atoms with van der Waals surface area (Å²) in [5, 5.41) is 26.2. The van der Waals surface area contributed by atoms with Crippen LogP contribution in [0.15, 0.2) is 18.2 Å². The Bertz CT molecular complexity index is 475. The van der Waals surface area contributed by atoms with Crippen LogP contribution in [-0.2, 0) is 9.53 Å². The second-order valence-corrected chi connectivity index (χ2v) is 3.67. The van der Waals surface area contributed by atoms with E-state index in [1.54, 1.807) is 6.92 Å². The number of phenolic OH excluding ortho intramolecular Hbond substituents is 1. The Morgan fingerprint density at radius 2 is 2.21 bits per heavy atom. The molecule has 0 radical (unpaired) electrons. The smallest absolute Gasteiger partial charge is 0.338 e. The van der Waals surface area contributed by atoms with Gasteiger partial charge < -0.3 is 25.4 Å². The maximum Gasteiger partial charge on any atom is 0.338 e. The van der Waals surface area contributed by atoms with Crippen LogP contribution in [0.5, 0.6) is 11.5 Å². The zero-order valence-electron chi connectivity index (χ0n) is 10.4. The zero-order chi connectivity index (χ0) is 14.4. The maximum absolute atomic E-state index is 11.1. The van der Waals surface area contributed by atoms with E-state index in [0.29, 0.717) is 0 Å². The van der Waals surface area contributed by atoms with E-state index in [0.717, 1.165) is 0 Å². The van der Waals surface area contributed by atoms with Gasteiger partial charge in [0.25, 0.3) is 0 Å². The number of ether oxygens (including phenoxy) is 2. The molecule has 1 rings (SSSR count). The highest BCUT2D eigenvalue weighted by atomic mass is 16.6. The molecule has 0 bridgehead atoms. The number of hydrogen-bond donors (Lipinski definition) is 4. The van der Waals surface area contributed by atoms with E-state index in [1.807, 2.05) is 0 Å². The third kappa shape index (κ3) is 4.14. The average molecular weight is 268 g/mol. The fourth-order valence-electron chi connectivity index (χ4n) is 1.31. The molecule has 0 saturated carbocycles. The number of nitrogen functional groups attached to an aromatic ring is 1. The SMILES string of the molecule is CCOC(=O)C(O)COc1ccc(C(=N)N)c(O)c1. The van der Waals surface area contributed by atoms with Crippen molar-refractivity contribution in [1.29, 1.82) is 5.41 Å². The Balaban J connectivity index is 2.61. The molecule has 0 aromatic heterocycles. The molecule has 5 N–H and O–H groups in total. The molecule has 0 aliphatic carbocycles. The van der Waals surface area contributed by atoms with E-state index in [1.165, 1.54) is 18.2 Å². The Morgan fingerprint density at radius 1 is 1.53 bits per heavy atom. The van der Waals surface area contributed by atoms with Crippen LogP contribution in [0.1, 0.15) is 12.5 Å². The van der Waals surface area contributed by atoms with Crippen LogP contribution in [0.3, 0.4) is 0 Å². The standard InChI is InChI=1S/C12H16N2O5/c1-2-18-12(17)10(16)6-19-7-3-4-8(11(13)14)9(15)5-7/h3-5,10,15-16H,2,6H2,1H3,(H3,13,14). The van der Waals surface area contributed by atoms with Crippen molar-refractivity contribution in [3.05, 3.63) is 23.8 Å². The maximum atomic E-state index is 11.1. The molecule has 1 atom stereocenters. The lowest BCUT2D eigenvalue weighted by molar-refractivity contribution is -0.154. The summed E-state index contributed by atoms with van der Waals surface area (Å²) in [6, 6.07) is 4.12. The molecule has 7 nitrogen and oxygen atoms in total. The Labute approximate surface area is 110 Å². The highest BCUT2D eigenvalue weighted by Crippen LogP contribution is 2.23. The van der Waals surface area contributed by atoms with E-state index in [2.05, 4.69) is 4.74 Å². The molecule has 1 unspecified atom stereocenters. The van der Waals surface area contributed by atoms with Crippen LogP contribution in [0.2, 0.25) is 0 Å². The first-order valence-electron chi connectivity index (χ1n) is 5.60. The van der Waals surface area contributed by atoms with E-state index in [-0.39, 0.29) is 36.1 Å². The van der Waals surface area contributed by atoms with Gasteiger partial charge in [-0.2, -0.15) is 0 Å². The second-order valence-electron chi connectivity index (χ2n) is 3.67. The fourth-order valence-corrected chi connectivity index (χ4v) is 1.31. The molecule has 0 aliphatic heterocycles. The number of esters is 1. The molecular weight excluding hydrogens is 252 g/mol. The summed E-state index contributed by atoms with van der Waals surface area (Å²) in [6.45, 7) is 1.51. The van der Waals surface area contributed by atoms with Crippen molar-refractivity contribution in [2.45, 2.75) is 13.0 Å². The van der Waals surface area contributed by atoms with Gasteiger partial charge in [0, 0.05) is 6.07 Å². The summed E-state index contributed by atoms with van der Waals surface area (Å²) in [5.74, 6) is -1.01. The lowest BCUT2D eigenvalue weighted by Crippen LogP contribution is -2.29. The molecule has 0 spiro atoms. The Kier molecular flexibility index (Phi) is 5.13.